The Balaban J connectivity index is 1.73. The summed E-state index contributed by atoms with van der Waals surface area (Å²) >= 11 is 0. The molecule has 0 aromatic heterocycles. The molecule has 0 bridgehead atoms. The number of nitro groups is 1. The van der Waals surface area contributed by atoms with Gasteiger partial charge in [0.2, 0.25) is 0 Å². The average Bonchev–Trinajstić information content (AvgIpc) is 2.72. The van der Waals surface area contributed by atoms with E-state index in [4.69, 9.17) is 9.47 Å². The molecule has 31 heavy (non-hydrogen) atoms. The molecule has 166 valence electrons. The number of benzene rings is 2. The van der Waals surface area contributed by atoms with Crippen LogP contribution < -0.4 is 19.7 Å². The van der Waals surface area contributed by atoms with Crippen molar-refractivity contribution in [2.75, 3.05) is 31.6 Å². The van der Waals surface area contributed by atoms with Gasteiger partial charge in [-0.1, -0.05) is 6.07 Å². The first-order chi connectivity index (χ1) is 14.8. The molecule has 8 nitrogen and oxygen atoms in total. The number of ether oxygens (including phenoxy) is 2. The molecule has 2 N–H and O–H groups in total. The summed E-state index contributed by atoms with van der Waals surface area (Å²) < 4.78 is 11.4. The number of quaternary nitrogens is 1. The van der Waals surface area contributed by atoms with Gasteiger partial charge in [0.15, 0.2) is 18.0 Å². The van der Waals surface area contributed by atoms with Gasteiger partial charge in [-0.2, -0.15) is 0 Å². The molecule has 0 fully saturated rings. The second kappa shape index (κ2) is 9.78. The van der Waals surface area contributed by atoms with Gasteiger partial charge in [0.1, 0.15) is 12.2 Å². The number of rotatable bonds is 8. The van der Waals surface area contributed by atoms with Crippen LogP contribution in [0.5, 0.6) is 11.5 Å². The molecule has 3 rings (SSSR count). The predicted octanol–water partition coefficient (Wildman–Crippen LogP) is 2.59. The van der Waals surface area contributed by atoms with E-state index < -0.39 is 4.92 Å². The molecular formula is C23H30N3O5+. The molecule has 1 amide bonds. The molecule has 8 heteroatoms. The number of nitro benzene ring substituents is 1. The summed E-state index contributed by atoms with van der Waals surface area (Å²) in [7, 11) is 0. The van der Waals surface area contributed by atoms with E-state index in [1.807, 2.05) is 32.9 Å². The molecule has 1 heterocycles. The average molecular weight is 429 g/mol. The lowest BCUT2D eigenvalue weighted by Gasteiger charge is -2.26. The third-order valence-electron chi connectivity index (χ3n) is 5.64. The van der Waals surface area contributed by atoms with Crippen molar-refractivity contribution >= 4 is 17.3 Å². The van der Waals surface area contributed by atoms with Gasteiger partial charge in [-0.05, 0) is 56.5 Å². The van der Waals surface area contributed by atoms with Crippen LogP contribution in [0.2, 0.25) is 0 Å². The third-order valence-corrected chi connectivity index (χ3v) is 5.64. The second-order valence-corrected chi connectivity index (χ2v) is 7.74. The number of anilines is 1. The van der Waals surface area contributed by atoms with Crippen LogP contribution in [-0.4, -0.2) is 37.1 Å². The van der Waals surface area contributed by atoms with Crippen LogP contribution in [0.1, 0.15) is 36.1 Å². The van der Waals surface area contributed by atoms with E-state index in [1.165, 1.54) is 11.6 Å². The maximum Gasteiger partial charge on any atom is 0.293 e. The molecule has 1 atom stereocenters. The number of nitrogens with one attached hydrogen (secondary N) is 2. The van der Waals surface area contributed by atoms with Crippen molar-refractivity contribution in [3.05, 3.63) is 56.6 Å². The third kappa shape index (κ3) is 5.14. The van der Waals surface area contributed by atoms with Crippen LogP contribution in [0, 0.1) is 24.0 Å². The maximum atomic E-state index is 12.7. The zero-order valence-corrected chi connectivity index (χ0v) is 18.5. The zero-order chi connectivity index (χ0) is 22.5. The lowest BCUT2D eigenvalue weighted by molar-refractivity contribution is -0.907. The summed E-state index contributed by atoms with van der Waals surface area (Å²) in [5.41, 5.74) is 4.16. The Morgan fingerprint density at radius 3 is 2.39 bits per heavy atom. The van der Waals surface area contributed by atoms with Crippen LogP contribution >= 0.6 is 0 Å². The fourth-order valence-electron chi connectivity index (χ4n) is 3.92. The van der Waals surface area contributed by atoms with Crippen LogP contribution in [-0.2, 0) is 17.8 Å². The van der Waals surface area contributed by atoms with Crippen LogP contribution in [0.3, 0.4) is 0 Å². The summed E-state index contributed by atoms with van der Waals surface area (Å²) in [5, 5.41) is 14.2. The molecule has 0 spiro atoms. The Bertz CT molecular complexity index is 990. The van der Waals surface area contributed by atoms with Gasteiger partial charge < -0.3 is 19.7 Å². The number of hydrogen-bond donors (Lipinski definition) is 2. The topological polar surface area (TPSA) is 95.1 Å². The Labute approximate surface area is 182 Å². The van der Waals surface area contributed by atoms with Gasteiger partial charge in [-0.25, -0.2) is 0 Å². The molecule has 0 saturated heterocycles. The molecule has 2 aromatic carbocycles. The normalized spacial score (nSPS) is 15.2. The maximum absolute atomic E-state index is 12.7. The van der Waals surface area contributed by atoms with Crippen molar-refractivity contribution in [2.24, 2.45) is 0 Å². The van der Waals surface area contributed by atoms with Crippen molar-refractivity contribution in [3.63, 3.8) is 0 Å². The van der Waals surface area contributed by atoms with Gasteiger partial charge in [0, 0.05) is 18.1 Å². The Morgan fingerprint density at radius 1 is 1.13 bits per heavy atom. The summed E-state index contributed by atoms with van der Waals surface area (Å²) in [4.78, 5) is 24.8. The largest absolute Gasteiger partial charge is 0.490 e. The Morgan fingerprint density at radius 2 is 1.77 bits per heavy atom. The van der Waals surface area contributed by atoms with E-state index in [0.717, 1.165) is 40.5 Å². The monoisotopic (exact) mass is 428 g/mol. The fourth-order valence-corrected chi connectivity index (χ4v) is 3.92. The van der Waals surface area contributed by atoms with E-state index in [2.05, 4.69) is 5.32 Å². The minimum atomic E-state index is -0.461. The first-order valence-electron chi connectivity index (χ1n) is 10.6. The number of aryl methyl sites for hydroxylation is 1. The van der Waals surface area contributed by atoms with E-state index >= 15 is 0 Å². The smallest absolute Gasteiger partial charge is 0.293 e. The van der Waals surface area contributed by atoms with Crippen molar-refractivity contribution in [2.45, 2.75) is 40.7 Å². The highest BCUT2D eigenvalue weighted by atomic mass is 16.6. The van der Waals surface area contributed by atoms with Crippen molar-refractivity contribution in [1.29, 1.82) is 0 Å². The van der Waals surface area contributed by atoms with Gasteiger partial charge in [-0.15, -0.1) is 0 Å². The van der Waals surface area contributed by atoms with Crippen LogP contribution in [0.25, 0.3) is 0 Å². The molecule has 1 unspecified atom stereocenters. The molecule has 0 saturated carbocycles. The molecule has 0 aliphatic carbocycles. The van der Waals surface area contributed by atoms with Crippen molar-refractivity contribution in [3.8, 4) is 11.5 Å². The minimum Gasteiger partial charge on any atom is -0.490 e. The lowest BCUT2D eigenvalue weighted by Crippen LogP contribution is -3.12. The molecule has 1 aliphatic rings. The first kappa shape index (κ1) is 22.6. The molecule has 2 aromatic rings. The Kier molecular flexibility index (Phi) is 7.12. The molecule has 1 aliphatic heterocycles. The number of amides is 1. The number of hydrogen-bond acceptors (Lipinski definition) is 5. The van der Waals surface area contributed by atoms with E-state index in [-0.39, 0.29) is 23.8 Å². The second-order valence-electron chi connectivity index (χ2n) is 7.74. The van der Waals surface area contributed by atoms with Gasteiger partial charge in [0.25, 0.3) is 11.6 Å². The van der Waals surface area contributed by atoms with Crippen molar-refractivity contribution < 1.29 is 24.1 Å². The van der Waals surface area contributed by atoms with E-state index in [0.29, 0.717) is 25.3 Å². The number of carbonyl (C=O) groups is 1. The number of carbonyl (C=O) groups excluding carboxylic acids is 1. The highest BCUT2D eigenvalue weighted by molar-refractivity contribution is 5.95. The van der Waals surface area contributed by atoms with Gasteiger partial charge >= 0.3 is 0 Å². The fraction of sp³-hybridized carbons (Fsp3) is 0.435. The standard InChI is InChI=1S/C23H29N3O5/c1-5-30-20-11-17-9-10-25(13-18(17)12-21(20)31-6-2)14-22(27)24-23-16(4)15(3)7-8-19(23)26(28)29/h7-8,11-12H,5-6,9-10,13-14H2,1-4H3,(H,24,27)/p+1. The predicted molar refractivity (Wildman–Crippen MR) is 118 cm³/mol. The van der Waals surface area contributed by atoms with Gasteiger partial charge in [-0.3, -0.25) is 14.9 Å². The minimum absolute atomic E-state index is 0.0831. The Hall–Kier alpha value is -3.13. The highest BCUT2D eigenvalue weighted by Gasteiger charge is 2.26. The van der Waals surface area contributed by atoms with Crippen LogP contribution in [0.4, 0.5) is 11.4 Å². The first-order valence-corrected chi connectivity index (χ1v) is 10.6. The number of nitrogens with zero attached hydrogens (tertiary/aromatic N) is 1. The molecule has 0 radical (unpaired) electrons. The summed E-state index contributed by atoms with van der Waals surface area (Å²) in [6, 6.07) is 7.19. The van der Waals surface area contributed by atoms with Gasteiger partial charge in [0.05, 0.1) is 24.7 Å². The summed E-state index contributed by atoms with van der Waals surface area (Å²) in [5.74, 6) is 1.25. The number of fused-ring (bicyclic) bond motifs is 1. The summed E-state index contributed by atoms with van der Waals surface area (Å²) in [6.45, 7) is 10.4. The van der Waals surface area contributed by atoms with E-state index in [1.54, 1.807) is 13.0 Å². The molecular weight excluding hydrogens is 398 g/mol. The van der Waals surface area contributed by atoms with E-state index in [9.17, 15) is 14.9 Å². The SMILES string of the molecule is CCOc1cc2c(cc1OCC)C[NH+](CC(=O)Nc1c([N+](=O)[O-])ccc(C)c1C)CC2. The lowest BCUT2D eigenvalue weighted by atomic mass is 9.98. The summed E-state index contributed by atoms with van der Waals surface area (Å²) in [6.07, 6.45) is 0.827. The van der Waals surface area contributed by atoms with Crippen molar-refractivity contribution in [1.82, 2.24) is 0 Å². The van der Waals surface area contributed by atoms with Crippen LogP contribution in [0.15, 0.2) is 24.3 Å². The zero-order valence-electron chi connectivity index (χ0n) is 18.5. The quantitative estimate of drug-likeness (QED) is 0.498. The highest BCUT2D eigenvalue weighted by Crippen LogP contribution is 2.32.